The third-order valence-corrected chi connectivity index (χ3v) is 7.91. The molecule has 0 amide bonds. The van der Waals surface area contributed by atoms with E-state index in [0.717, 1.165) is 38.0 Å². The summed E-state index contributed by atoms with van der Waals surface area (Å²) >= 11 is 0. The van der Waals surface area contributed by atoms with E-state index in [0.29, 0.717) is 19.6 Å². The van der Waals surface area contributed by atoms with E-state index in [4.69, 9.17) is 0 Å². The summed E-state index contributed by atoms with van der Waals surface area (Å²) in [6.45, 7) is 5.82. The monoisotopic (exact) mass is 374 g/mol. The van der Waals surface area contributed by atoms with Gasteiger partial charge < -0.3 is 4.57 Å². The van der Waals surface area contributed by atoms with E-state index in [1.165, 1.54) is 11.1 Å². The lowest BCUT2D eigenvalue weighted by Crippen LogP contribution is -2.38. The molecular weight excluding hydrogens is 348 g/mol. The van der Waals surface area contributed by atoms with Gasteiger partial charge in [0.1, 0.15) is 0 Å². The van der Waals surface area contributed by atoms with Crippen LogP contribution in [0.5, 0.6) is 0 Å². The molecule has 7 heteroatoms. The van der Waals surface area contributed by atoms with Crippen LogP contribution in [0.3, 0.4) is 0 Å². The van der Waals surface area contributed by atoms with Gasteiger partial charge in [0.05, 0.1) is 11.6 Å². The van der Waals surface area contributed by atoms with Crippen LogP contribution >= 0.6 is 0 Å². The number of sulfonamides is 1. The molecule has 4 rings (SSSR count). The number of hydrogen-bond donors (Lipinski definition) is 0. The first kappa shape index (κ1) is 17.7. The van der Waals surface area contributed by atoms with E-state index >= 15 is 0 Å². The molecule has 26 heavy (non-hydrogen) atoms. The zero-order chi connectivity index (χ0) is 18.1. The normalized spacial score (nSPS) is 22.3. The third-order valence-electron chi connectivity index (χ3n) is 5.60. The Morgan fingerprint density at radius 1 is 1.19 bits per heavy atom. The minimum absolute atomic E-state index is 0.244. The topological polar surface area (TPSA) is 58.4 Å². The predicted molar refractivity (Wildman–Crippen MR) is 102 cm³/mol. The van der Waals surface area contributed by atoms with E-state index < -0.39 is 10.0 Å². The molecule has 2 aromatic rings. The van der Waals surface area contributed by atoms with Gasteiger partial charge in [-0.25, -0.2) is 17.7 Å². The second-order valence-electron chi connectivity index (χ2n) is 7.38. The molecule has 2 aliphatic rings. The van der Waals surface area contributed by atoms with Gasteiger partial charge in [0.25, 0.3) is 0 Å². The van der Waals surface area contributed by atoms with Crippen molar-refractivity contribution in [2.24, 2.45) is 0 Å². The van der Waals surface area contributed by atoms with Gasteiger partial charge in [-0.1, -0.05) is 6.07 Å². The Kier molecular flexibility index (Phi) is 4.86. The summed E-state index contributed by atoms with van der Waals surface area (Å²) in [4.78, 5) is 6.37. The molecule has 0 bridgehead atoms. The Morgan fingerprint density at radius 2 is 2.00 bits per heavy atom. The molecule has 1 unspecified atom stereocenters. The molecule has 140 valence electrons. The van der Waals surface area contributed by atoms with Crippen molar-refractivity contribution in [1.82, 2.24) is 18.8 Å². The smallest absolute Gasteiger partial charge is 0.218 e. The Morgan fingerprint density at radius 3 is 2.69 bits per heavy atom. The summed E-state index contributed by atoms with van der Waals surface area (Å²) in [7, 11) is -3.13. The van der Waals surface area contributed by atoms with Crippen LogP contribution in [0.25, 0.3) is 5.69 Å². The van der Waals surface area contributed by atoms with E-state index in [1.54, 1.807) is 16.8 Å². The van der Waals surface area contributed by atoms with E-state index in [-0.39, 0.29) is 5.25 Å². The number of imidazole rings is 1. The number of hydrogen-bond acceptors (Lipinski definition) is 4. The molecule has 1 atom stereocenters. The molecule has 1 aromatic carbocycles. The van der Waals surface area contributed by atoms with Crippen molar-refractivity contribution in [3.63, 3.8) is 0 Å². The van der Waals surface area contributed by atoms with E-state index in [9.17, 15) is 8.42 Å². The molecule has 6 nitrogen and oxygen atoms in total. The van der Waals surface area contributed by atoms with Gasteiger partial charge in [-0.15, -0.1) is 0 Å². The molecule has 0 aliphatic carbocycles. The largest absolute Gasteiger partial charge is 0.306 e. The van der Waals surface area contributed by atoms with Crippen molar-refractivity contribution >= 4 is 10.0 Å². The van der Waals surface area contributed by atoms with Gasteiger partial charge in [0, 0.05) is 44.3 Å². The third kappa shape index (κ3) is 3.43. The summed E-state index contributed by atoms with van der Waals surface area (Å²) in [6, 6.07) is 6.40. The van der Waals surface area contributed by atoms with Crippen LogP contribution < -0.4 is 0 Å². The summed E-state index contributed by atoms with van der Waals surface area (Å²) in [5.41, 5.74) is 3.58. The Labute approximate surface area is 155 Å². The van der Waals surface area contributed by atoms with Crippen LogP contribution in [0.15, 0.2) is 36.9 Å². The molecule has 1 aromatic heterocycles. The molecule has 0 N–H and O–H groups in total. The molecule has 2 fully saturated rings. The van der Waals surface area contributed by atoms with Crippen molar-refractivity contribution in [2.45, 2.75) is 38.0 Å². The fraction of sp³-hybridized carbons (Fsp3) is 0.526. The zero-order valence-corrected chi connectivity index (χ0v) is 16.0. The van der Waals surface area contributed by atoms with Gasteiger partial charge in [0.2, 0.25) is 10.0 Å². The maximum atomic E-state index is 12.8. The Balaban J connectivity index is 1.42. The van der Waals surface area contributed by atoms with E-state index in [1.807, 2.05) is 10.8 Å². The lowest BCUT2D eigenvalue weighted by atomic mass is 10.1. The van der Waals surface area contributed by atoms with Crippen LogP contribution in [0, 0.1) is 6.92 Å². The standard InChI is InChI=1S/C19H26N4O2S/c1-16-12-18(22-11-7-20-15-22)5-4-17(16)13-21-10-6-19(14-21)26(24,25)23-8-2-3-9-23/h4-5,7,11-12,15,19H,2-3,6,8-10,13-14H2,1H3. The number of benzene rings is 1. The van der Waals surface area contributed by atoms with Gasteiger partial charge in [-0.05, 0) is 56.0 Å². The van der Waals surface area contributed by atoms with Crippen molar-refractivity contribution in [3.05, 3.63) is 48.0 Å². The minimum Gasteiger partial charge on any atom is -0.306 e. The van der Waals surface area contributed by atoms with Gasteiger partial charge in [-0.2, -0.15) is 0 Å². The fourth-order valence-corrected chi connectivity index (χ4v) is 6.00. The average molecular weight is 375 g/mol. The van der Waals surface area contributed by atoms with E-state index in [2.05, 4.69) is 35.0 Å². The maximum absolute atomic E-state index is 12.8. The van der Waals surface area contributed by atoms with Crippen molar-refractivity contribution in [1.29, 1.82) is 0 Å². The number of aromatic nitrogens is 2. The number of aryl methyl sites for hydroxylation is 1. The summed E-state index contributed by atoms with van der Waals surface area (Å²) < 4.78 is 29.2. The van der Waals surface area contributed by atoms with Crippen LogP contribution in [-0.4, -0.2) is 58.6 Å². The van der Waals surface area contributed by atoms with Crippen molar-refractivity contribution < 1.29 is 8.42 Å². The summed E-state index contributed by atoms with van der Waals surface area (Å²) in [5.74, 6) is 0. The first-order valence-electron chi connectivity index (χ1n) is 9.33. The molecule has 0 spiro atoms. The van der Waals surface area contributed by atoms with Gasteiger partial charge in [0.15, 0.2) is 0 Å². The second-order valence-corrected chi connectivity index (χ2v) is 9.59. The number of rotatable bonds is 5. The lowest BCUT2D eigenvalue weighted by molar-refractivity contribution is 0.329. The van der Waals surface area contributed by atoms with Gasteiger partial charge >= 0.3 is 0 Å². The molecule has 0 saturated carbocycles. The molecular formula is C19H26N4O2S. The highest BCUT2D eigenvalue weighted by molar-refractivity contribution is 7.89. The minimum atomic E-state index is -3.13. The van der Waals surface area contributed by atoms with Crippen LogP contribution in [0.1, 0.15) is 30.4 Å². The molecule has 0 radical (unpaired) electrons. The van der Waals surface area contributed by atoms with Gasteiger partial charge in [-0.3, -0.25) is 4.90 Å². The Bertz CT molecular complexity index is 858. The first-order valence-corrected chi connectivity index (χ1v) is 10.8. The van der Waals surface area contributed by atoms with Crippen LogP contribution in [0.2, 0.25) is 0 Å². The summed E-state index contributed by atoms with van der Waals surface area (Å²) in [6.07, 6.45) is 8.24. The number of likely N-dealkylation sites (tertiary alicyclic amines) is 1. The zero-order valence-electron chi connectivity index (χ0n) is 15.2. The highest BCUT2D eigenvalue weighted by atomic mass is 32.2. The Hall–Kier alpha value is -1.70. The fourth-order valence-electron chi connectivity index (χ4n) is 4.01. The summed E-state index contributed by atoms with van der Waals surface area (Å²) in [5, 5.41) is -0.244. The lowest BCUT2D eigenvalue weighted by Gasteiger charge is -2.22. The van der Waals surface area contributed by atoms with Crippen molar-refractivity contribution in [3.8, 4) is 5.69 Å². The highest BCUT2D eigenvalue weighted by Gasteiger charge is 2.38. The van der Waals surface area contributed by atoms with Crippen LogP contribution in [-0.2, 0) is 16.6 Å². The highest BCUT2D eigenvalue weighted by Crippen LogP contribution is 2.25. The average Bonchev–Trinajstić information content (AvgIpc) is 3.39. The van der Waals surface area contributed by atoms with Crippen LogP contribution in [0.4, 0.5) is 0 Å². The first-order chi connectivity index (χ1) is 12.5. The predicted octanol–water partition coefficient (Wildman–Crippen LogP) is 2.18. The molecule has 2 saturated heterocycles. The maximum Gasteiger partial charge on any atom is 0.218 e. The molecule has 3 heterocycles. The SMILES string of the molecule is Cc1cc(-n2ccnc2)ccc1CN1CCC(S(=O)(=O)N2CCCC2)C1. The quantitative estimate of drug-likeness (QED) is 0.805. The van der Waals surface area contributed by atoms with Crippen molar-refractivity contribution in [2.75, 3.05) is 26.2 Å². The second kappa shape index (κ2) is 7.13. The molecule has 2 aliphatic heterocycles. The number of nitrogens with zero attached hydrogens (tertiary/aromatic N) is 4.